The second-order valence-corrected chi connectivity index (χ2v) is 8.45. The molecule has 1 aliphatic rings. The summed E-state index contributed by atoms with van der Waals surface area (Å²) in [6, 6.07) is 23.8. The highest BCUT2D eigenvalue weighted by Crippen LogP contribution is 2.32. The average molecular weight is 487 g/mol. The van der Waals surface area contributed by atoms with Gasteiger partial charge in [-0.25, -0.2) is 0 Å². The standard InChI is InChI=1S/C27H22N2O5S/c1-32-23-8-4-5-9-24(23)33-15-14-29-26(30)25(35-27(29)31)16-19-10-12-22(13-11-19)34-18-21-7-3-2-6-20(21)17-28/h2-13,16H,14-15,18H2,1H3/b25-16-. The molecule has 4 rings (SSSR count). The van der Waals surface area contributed by atoms with Crippen molar-refractivity contribution in [3.63, 3.8) is 0 Å². The van der Waals surface area contributed by atoms with Gasteiger partial charge >= 0.3 is 0 Å². The summed E-state index contributed by atoms with van der Waals surface area (Å²) in [5, 5.41) is 8.85. The van der Waals surface area contributed by atoms with Crippen molar-refractivity contribution in [2.24, 2.45) is 0 Å². The molecule has 0 saturated carbocycles. The molecule has 0 aromatic heterocycles. The number of methoxy groups -OCH3 is 1. The van der Waals surface area contributed by atoms with E-state index in [0.717, 1.165) is 22.9 Å². The summed E-state index contributed by atoms with van der Waals surface area (Å²) in [6.07, 6.45) is 1.68. The monoisotopic (exact) mass is 486 g/mol. The average Bonchev–Trinajstić information content (AvgIpc) is 3.16. The Balaban J connectivity index is 1.34. The highest BCUT2D eigenvalue weighted by molar-refractivity contribution is 8.18. The maximum atomic E-state index is 12.8. The van der Waals surface area contributed by atoms with Gasteiger partial charge in [0.15, 0.2) is 11.5 Å². The fourth-order valence-electron chi connectivity index (χ4n) is 3.41. The van der Waals surface area contributed by atoms with Crippen LogP contribution in [0.4, 0.5) is 4.79 Å². The number of rotatable bonds is 9. The van der Waals surface area contributed by atoms with Gasteiger partial charge in [0.25, 0.3) is 11.1 Å². The van der Waals surface area contributed by atoms with Crippen LogP contribution in [0.5, 0.6) is 17.2 Å². The largest absolute Gasteiger partial charge is 0.493 e. The molecular weight excluding hydrogens is 464 g/mol. The lowest BCUT2D eigenvalue weighted by Gasteiger charge is -2.14. The van der Waals surface area contributed by atoms with E-state index < -0.39 is 0 Å². The van der Waals surface area contributed by atoms with Crippen LogP contribution in [0, 0.1) is 11.3 Å². The van der Waals surface area contributed by atoms with Crippen molar-refractivity contribution in [1.29, 1.82) is 5.26 Å². The molecular formula is C27H22N2O5S. The first-order valence-corrected chi connectivity index (χ1v) is 11.6. The summed E-state index contributed by atoms with van der Waals surface area (Å²) in [5.74, 6) is 1.42. The molecule has 1 saturated heterocycles. The van der Waals surface area contributed by atoms with Crippen molar-refractivity contribution in [3.05, 3.63) is 94.4 Å². The molecule has 8 heteroatoms. The van der Waals surface area contributed by atoms with E-state index in [1.54, 1.807) is 43.5 Å². The molecule has 1 heterocycles. The summed E-state index contributed by atoms with van der Waals surface area (Å²) >= 11 is 0.903. The molecule has 0 unspecified atom stereocenters. The molecule has 1 aliphatic heterocycles. The minimum Gasteiger partial charge on any atom is -0.493 e. The second kappa shape index (κ2) is 11.3. The number of benzene rings is 3. The fourth-order valence-corrected chi connectivity index (χ4v) is 4.27. The number of imide groups is 1. The van der Waals surface area contributed by atoms with E-state index >= 15 is 0 Å². The third-order valence-corrected chi connectivity index (χ3v) is 6.13. The van der Waals surface area contributed by atoms with Crippen LogP contribution in [0.3, 0.4) is 0 Å². The van der Waals surface area contributed by atoms with Crippen molar-refractivity contribution in [2.75, 3.05) is 20.3 Å². The van der Waals surface area contributed by atoms with E-state index in [9.17, 15) is 14.9 Å². The quantitative estimate of drug-likeness (QED) is 0.381. The number of nitrogens with zero attached hydrogens (tertiary/aromatic N) is 2. The number of ether oxygens (including phenoxy) is 3. The van der Waals surface area contributed by atoms with Crippen LogP contribution in [0.1, 0.15) is 16.7 Å². The summed E-state index contributed by atoms with van der Waals surface area (Å²) in [7, 11) is 1.55. The lowest BCUT2D eigenvalue weighted by Crippen LogP contribution is -2.32. The van der Waals surface area contributed by atoms with Gasteiger partial charge in [-0.1, -0.05) is 42.5 Å². The number of hydrogen-bond donors (Lipinski definition) is 0. The first-order chi connectivity index (χ1) is 17.1. The molecule has 0 radical (unpaired) electrons. The van der Waals surface area contributed by atoms with Gasteiger partial charge in [0, 0.05) is 5.56 Å². The van der Waals surface area contributed by atoms with Crippen molar-refractivity contribution in [1.82, 2.24) is 4.90 Å². The maximum Gasteiger partial charge on any atom is 0.293 e. The van der Waals surface area contributed by atoms with E-state index in [2.05, 4.69) is 6.07 Å². The predicted molar refractivity (Wildman–Crippen MR) is 133 cm³/mol. The lowest BCUT2D eigenvalue weighted by atomic mass is 10.1. The molecule has 0 atom stereocenters. The van der Waals surface area contributed by atoms with Crippen LogP contribution in [-0.4, -0.2) is 36.3 Å². The number of carbonyl (C=O) groups is 2. The summed E-state index contributed by atoms with van der Waals surface area (Å²) in [4.78, 5) is 26.7. The summed E-state index contributed by atoms with van der Waals surface area (Å²) in [6.45, 7) is 0.572. The number of carbonyl (C=O) groups excluding carboxylic acids is 2. The number of hydrogen-bond acceptors (Lipinski definition) is 7. The first kappa shape index (κ1) is 23.9. The second-order valence-electron chi connectivity index (χ2n) is 7.46. The van der Waals surface area contributed by atoms with Crippen molar-refractivity contribution in [2.45, 2.75) is 6.61 Å². The van der Waals surface area contributed by atoms with E-state index in [0.29, 0.717) is 27.7 Å². The van der Waals surface area contributed by atoms with Gasteiger partial charge in [0.1, 0.15) is 19.0 Å². The predicted octanol–water partition coefficient (Wildman–Crippen LogP) is 5.26. The molecule has 35 heavy (non-hydrogen) atoms. The number of nitriles is 1. The van der Waals surface area contributed by atoms with Gasteiger partial charge in [-0.3, -0.25) is 14.5 Å². The normalized spacial score (nSPS) is 14.2. The van der Waals surface area contributed by atoms with Crippen LogP contribution in [0.2, 0.25) is 0 Å². The van der Waals surface area contributed by atoms with E-state index in [-0.39, 0.29) is 30.9 Å². The van der Waals surface area contributed by atoms with Gasteiger partial charge in [-0.05, 0) is 53.7 Å². The maximum absolute atomic E-state index is 12.8. The van der Waals surface area contributed by atoms with E-state index in [1.165, 1.54) is 4.90 Å². The van der Waals surface area contributed by atoms with Crippen LogP contribution >= 0.6 is 11.8 Å². The Labute approximate surface area is 207 Å². The van der Waals surface area contributed by atoms with Gasteiger partial charge in [-0.15, -0.1) is 0 Å². The molecule has 1 fully saturated rings. The third kappa shape index (κ3) is 5.83. The topological polar surface area (TPSA) is 88.9 Å². The third-order valence-electron chi connectivity index (χ3n) is 5.23. The van der Waals surface area contributed by atoms with Crippen LogP contribution in [0.15, 0.2) is 77.7 Å². The molecule has 0 spiro atoms. The summed E-state index contributed by atoms with van der Waals surface area (Å²) < 4.78 is 16.7. The van der Waals surface area contributed by atoms with Gasteiger partial charge in [-0.2, -0.15) is 5.26 Å². The van der Waals surface area contributed by atoms with Crippen molar-refractivity contribution < 1.29 is 23.8 Å². The molecule has 0 N–H and O–H groups in total. The Morgan fingerprint density at radius 2 is 1.66 bits per heavy atom. The molecule has 0 aliphatic carbocycles. The Morgan fingerprint density at radius 3 is 2.40 bits per heavy atom. The Morgan fingerprint density at radius 1 is 0.943 bits per heavy atom. The zero-order chi connectivity index (χ0) is 24.6. The van der Waals surface area contributed by atoms with Crippen LogP contribution in [0.25, 0.3) is 6.08 Å². The number of para-hydroxylation sites is 2. The first-order valence-electron chi connectivity index (χ1n) is 10.8. The number of amides is 2. The zero-order valence-electron chi connectivity index (χ0n) is 19.0. The SMILES string of the molecule is COc1ccccc1OCCN1C(=O)S/C(=C\c2ccc(OCc3ccccc3C#N)cc2)C1=O. The highest BCUT2D eigenvalue weighted by Gasteiger charge is 2.34. The molecule has 2 amide bonds. The van der Waals surface area contributed by atoms with Gasteiger partial charge < -0.3 is 14.2 Å². The van der Waals surface area contributed by atoms with Gasteiger partial charge in [0.05, 0.1) is 30.2 Å². The minimum absolute atomic E-state index is 0.136. The van der Waals surface area contributed by atoms with E-state index in [4.69, 9.17) is 14.2 Å². The fraction of sp³-hybridized carbons (Fsp3) is 0.148. The minimum atomic E-state index is -0.350. The van der Waals surface area contributed by atoms with Gasteiger partial charge in [0.2, 0.25) is 0 Å². The van der Waals surface area contributed by atoms with E-state index in [1.807, 2.05) is 42.5 Å². The zero-order valence-corrected chi connectivity index (χ0v) is 19.8. The number of thioether (sulfide) groups is 1. The van der Waals surface area contributed by atoms with Crippen molar-refractivity contribution >= 4 is 29.0 Å². The molecule has 176 valence electrons. The van der Waals surface area contributed by atoms with Crippen LogP contribution < -0.4 is 14.2 Å². The Kier molecular flexibility index (Phi) is 7.70. The van der Waals surface area contributed by atoms with Crippen LogP contribution in [-0.2, 0) is 11.4 Å². The summed E-state index contributed by atoms with van der Waals surface area (Å²) in [5.41, 5.74) is 2.15. The Hall–Kier alpha value is -4.22. The smallest absolute Gasteiger partial charge is 0.293 e. The molecule has 0 bridgehead atoms. The molecule has 3 aromatic carbocycles. The molecule has 3 aromatic rings. The lowest BCUT2D eigenvalue weighted by molar-refractivity contribution is -0.123. The Bertz CT molecular complexity index is 1300. The highest BCUT2D eigenvalue weighted by atomic mass is 32.2. The molecule has 7 nitrogen and oxygen atoms in total. The van der Waals surface area contributed by atoms with Crippen molar-refractivity contribution in [3.8, 4) is 23.3 Å².